The van der Waals surface area contributed by atoms with Crippen LogP contribution in [0, 0.1) is 5.92 Å². The first-order valence-electron chi connectivity index (χ1n) is 11.0. The third-order valence-corrected chi connectivity index (χ3v) is 5.93. The van der Waals surface area contributed by atoms with Crippen LogP contribution in [0.3, 0.4) is 0 Å². The van der Waals surface area contributed by atoms with E-state index in [2.05, 4.69) is 15.5 Å². The number of pyridine rings is 1. The summed E-state index contributed by atoms with van der Waals surface area (Å²) in [5, 5.41) is 17.7. The van der Waals surface area contributed by atoms with Crippen LogP contribution >= 0.6 is 0 Å². The van der Waals surface area contributed by atoms with Gasteiger partial charge in [-0.25, -0.2) is 4.98 Å². The van der Waals surface area contributed by atoms with Crippen LogP contribution < -0.4 is 5.32 Å². The second-order valence-corrected chi connectivity index (χ2v) is 8.39. The van der Waals surface area contributed by atoms with Crippen molar-refractivity contribution in [1.82, 2.24) is 15.5 Å². The van der Waals surface area contributed by atoms with Gasteiger partial charge in [-0.05, 0) is 30.9 Å². The van der Waals surface area contributed by atoms with Gasteiger partial charge in [0, 0.05) is 36.2 Å². The van der Waals surface area contributed by atoms with Crippen molar-refractivity contribution in [2.45, 2.75) is 25.2 Å². The lowest BCUT2D eigenvalue weighted by Crippen LogP contribution is -2.32. The molecule has 0 aliphatic heterocycles. The van der Waals surface area contributed by atoms with Gasteiger partial charge in [0.1, 0.15) is 5.69 Å². The molecule has 2 aromatic heterocycles. The molecule has 1 fully saturated rings. The number of amides is 1. The van der Waals surface area contributed by atoms with Gasteiger partial charge in [0.15, 0.2) is 0 Å². The molecule has 2 N–H and O–H groups in total. The molecule has 2 heterocycles. The normalized spacial score (nSPS) is 14.4. The van der Waals surface area contributed by atoms with E-state index in [0.717, 1.165) is 29.7 Å². The molecular weight excluding hydrogens is 402 g/mol. The summed E-state index contributed by atoms with van der Waals surface area (Å²) in [6.45, 7) is 0.371. The lowest BCUT2D eigenvalue weighted by atomic mass is 9.99. The van der Waals surface area contributed by atoms with Gasteiger partial charge in [-0.1, -0.05) is 65.8 Å². The molecule has 6 nitrogen and oxygen atoms in total. The minimum absolute atomic E-state index is 0.00319. The van der Waals surface area contributed by atoms with Crippen molar-refractivity contribution in [3.05, 3.63) is 83.6 Å². The third-order valence-electron chi connectivity index (χ3n) is 5.93. The molecule has 2 aromatic carbocycles. The van der Waals surface area contributed by atoms with Gasteiger partial charge in [-0.15, -0.1) is 0 Å². The predicted octanol–water partition coefficient (Wildman–Crippen LogP) is 4.35. The van der Waals surface area contributed by atoms with Crippen LogP contribution in [0.15, 0.2) is 71.3 Å². The average Bonchev–Trinajstić information content (AvgIpc) is 3.61. The number of benzene rings is 2. The van der Waals surface area contributed by atoms with Crippen LogP contribution in [-0.2, 0) is 6.42 Å². The Kier molecular flexibility index (Phi) is 5.69. The van der Waals surface area contributed by atoms with Crippen LogP contribution in [0.2, 0.25) is 0 Å². The molecule has 0 spiro atoms. The van der Waals surface area contributed by atoms with E-state index in [4.69, 9.17) is 4.52 Å². The average molecular weight is 428 g/mol. The second kappa shape index (κ2) is 8.93. The summed E-state index contributed by atoms with van der Waals surface area (Å²) in [6.07, 6.45) is 2.84. The highest BCUT2D eigenvalue weighted by atomic mass is 16.5. The Morgan fingerprint density at radius 2 is 1.81 bits per heavy atom. The first-order valence-corrected chi connectivity index (χ1v) is 11.0. The van der Waals surface area contributed by atoms with Gasteiger partial charge in [-0.2, -0.15) is 0 Å². The van der Waals surface area contributed by atoms with Gasteiger partial charge in [-0.3, -0.25) is 4.79 Å². The van der Waals surface area contributed by atoms with Gasteiger partial charge in [0.05, 0.1) is 10.9 Å². The molecule has 32 heavy (non-hydrogen) atoms. The summed E-state index contributed by atoms with van der Waals surface area (Å²) in [7, 11) is 0. The molecule has 162 valence electrons. The molecule has 0 saturated heterocycles. The van der Waals surface area contributed by atoms with Gasteiger partial charge in [0.2, 0.25) is 0 Å². The number of hydrogen-bond donors (Lipinski definition) is 2. The highest BCUT2D eigenvalue weighted by molar-refractivity contribution is 6.09. The minimum atomic E-state index is -0.203. The number of nitrogens with zero attached hydrogens (tertiary/aromatic N) is 2. The zero-order chi connectivity index (χ0) is 21.9. The molecule has 1 saturated carbocycles. The number of fused-ring (bicyclic) bond motifs is 1. The van der Waals surface area contributed by atoms with Crippen molar-refractivity contribution < 1.29 is 14.4 Å². The summed E-state index contributed by atoms with van der Waals surface area (Å²) in [4.78, 5) is 18.0. The molecule has 5 rings (SSSR count). The molecule has 4 aromatic rings. The van der Waals surface area contributed by atoms with E-state index >= 15 is 0 Å². The molecule has 1 aliphatic carbocycles. The van der Waals surface area contributed by atoms with E-state index in [9.17, 15) is 9.90 Å². The Labute approximate surface area is 186 Å². The zero-order valence-corrected chi connectivity index (χ0v) is 17.7. The first kappa shape index (κ1) is 20.4. The number of carbonyl (C=O) groups excluding carboxylic acids is 1. The highest BCUT2D eigenvalue weighted by Crippen LogP contribution is 2.41. The van der Waals surface area contributed by atoms with Crippen molar-refractivity contribution in [3.8, 4) is 11.3 Å². The minimum Gasteiger partial charge on any atom is -0.396 e. The van der Waals surface area contributed by atoms with E-state index in [-0.39, 0.29) is 18.4 Å². The van der Waals surface area contributed by atoms with Gasteiger partial charge >= 0.3 is 0 Å². The van der Waals surface area contributed by atoms with Crippen LogP contribution in [0.25, 0.3) is 22.4 Å². The molecule has 0 radical (unpaired) electrons. The van der Waals surface area contributed by atoms with E-state index in [0.29, 0.717) is 41.2 Å². The lowest BCUT2D eigenvalue weighted by Gasteiger charge is -2.16. The summed E-state index contributed by atoms with van der Waals surface area (Å²) >= 11 is 0. The fraction of sp³-hybridized carbons (Fsp3) is 0.269. The Balaban J connectivity index is 1.44. The largest absolute Gasteiger partial charge is 0.396 e. The van der Waals surface area contributed by atoms with E-state index in [1.54, 1.807) is 0 Å². The number of aliphatic hydroxyl groups excluding tert-OH is 1. The van der Waals surface area contributed by atoms with Gasteiger partial charge in [0.25, 0.3) is 11.6 Å². The Morgan fingerprint density at radius 3 is 2.50 bits per heavy atom. The smallest absolute Gasteiger partial charge is 0.259 e. The molecule has 1 aliphatic rings. The van der Waals surface area contributed by atoms with Crippen molar-refractivity contribution in [2.24, 2.45) is 5.92 Å². The standard InChI is InChI=1S/C26H25N3O3/c30-16-18(13-17-7-3-1-4-8-17)15-27-25(31)21-14-22(19-11-12-19)28-26-23(21)24(29-32-26)20-9-5-2-6-10-20/h1-10,14,18-19,30H,11-13,15-16H2,(H,27,31). The molecule has 1 unspecified atom stereocenters. The maximum absolute atomic E-state index is 13.3. The Morgan fingerprint density at radius 1 is 1.09 bits per heavy atom. The van der Waals surface area contributed by atoms with E-state index in [1.165, 1.54) is 0 Å². The molecule has 1 atom stereocenters. The Bertz CT molecular complexity index is 1220. The van der Waals surface area contributed by atoms with Crippen LogP contribution in [0.1, 0.15) is 40.4 Å². The molecule has 0 bridgehead atoms. The zero-order valence-electron chi connectivity index (χ0n) is 17.7. The second-order valence-electron chi connectivity index (χ2n) is 8.39. The maximum atomic E-state index is 13.3. The van der Waals surface area contributed by atoms with Crippen molar-refractivity contribution in [3.63, 3.8) is 0 Å². The SMILES string of the molecule is O=C(NCC(CO)Cc1ccccc1)c1cc(C2CC2)nc2onc(-c3ccccc3)c12. The summed E-state index contributed by atoms with van der Waals surface area (Å²) in [5.74, 6) is 0.100. The highest BCUT2D eigenvalue weighted by Gasteiger charge is 2.29. The molecule has 1 amide bonds. The van der Waals surface area contributed by atoms with E-state index in [1.807, 2.05) is 66.7 Å². The van der Waals surface area contributed by atoms with Crippen molar-refractivity contribution >= 4 is 17.0 Å². The Hall–Kier alpha value is -3.51. The number of rotatable bonds is 8. The quantitative estimate of drug-likeness (QED) is 0.437. The topological polar surface area (TPSA) is 88.2 Å². The van der Waals surface area contributed by atoms with E-state index < -0.39 is 0 Å². The fourth-order valence-corrected chi connectivity index (χ4v) is 4.01. The lowest BCUT2D eigenvalue weighted by molar-refractivity contribution is 0.0941. The predicted molar refractivity (Wildman–Crippen MR) is 122 cm³/mol. The molecular formula is C26H25N3O3. The third kappa shape index (κ3) is 4.27. The van der Waals surface area contributed by atoms with Crippen LogP contribution in [0.4, 0.5) is 0 Å². The summed E-state index contributed by atoms with van der Waals surface area (Å²) in [5.41, 5.74) is 4.41. The molecule has 6 heteroatoms. The number of hydrogen-bond acceptors (Lipinski definition) is 5. The number of aromatic nitrogens is 2. The first-order chi connectivity index (χ1) is 15.7. The number of nitrogens with one attached hydrogen (secondary N) is 1. The van der Waals surface area contributed by atoms with Crippen molar-refractivity contribution in [1.29, 1.82) is 0 Å². The van der Waals surface area contributed by atoms with Crippen LogP contribution in [-0.4, -0.2) is 34.3 Å². The summed E-state index contributed by atoms with van der Waals surface area (Å²) in [6, 6.07) is 21.5. The van der Waals surface area contributed by atoms with Crippen LogP contribution in [0.5, 0.6) is 0 Å². The fourth-order valence-electron chi connectivity index (χ4n) is 4.01. The monoisotopic (exact) mass is 427 g/mol. The van der Waals surface area contributed by atoms with Gasteiger partial charge < -0.3 is 14.9 Å². The number of aliphatic hydroxyl groups is 1. The summed E-state index contributed by atoms with van der Waals surface area (Å²) < 4.78 is 5.56. The van der Waals surface area contributed by atoms with Crippen molar-refractivity contribution in [2.75, 3.05) is 13.2 Å². The maximum Gasteiger partial charge on any atom is 0.259 e. The number of carbonyl (C=O) groups is 1.